The van der Waals surface area contributed by atoms with Gasteiger partial charge in [-0.3, -0.25) is 20.2 Å². The van der Waals surface area contributed by atoms with Gasteiger partial charge >= 0.3 is 0 Å². The standard InChI is InChI=1S/C18H12BrClN2O3S/c19-12-4-5-15(25-9-10-2-1-3-13(20)6-10)11(7-12)8-14-16(23)21-18(26)22-17(14)24/h1-8H,9H2,(H2,21,22,23,24,26). The van der Waals surface area contributed by atoms with Crippen LogP contribution in [0.4, 0.5) is 0 Å². The van der Waals surface area contributed by atoms with Crippen molar-refractivity contribution in [2.24, 2.45) is 0 Å². The topological polar surface area (TPSA) is 67.4 Å². The van der Waals surface area contributed by atoms with E-state index < -0.39 is 11.8 Å². The lowest BCUT2D eigenvalue weighted by Crippen LogP contribution is -2.51. The fraction of sp³-hybridized carbons (Fsp3) is 0.0556. The summed E-state index contributed by atoms with van der Waals surface area (Å²) in [6, 6.07) is 12.6. The van der Waals surface area contributed by atoms with E-state index in [4.69, 9.17) is 28.6 Å². The first-order valence-electron chi connectivity index (χ1n) is 7.47. The normalized spacial score (nSPS) is 13.9. The van der Waals surface area contributed by atoms with Crippen LogP contribution in [-0.4, -0.2) is 16.9 Å². The van der Waals surface area contributed by atoms with Crippen LogP contribution in [0.15, 0.2) is 52.5 Å². The van der Waals surface area contributed by atoms with E-state index in [9.17, 15) is 9.59 Å². The molecule has 0 radical (unpaired) electrons. The number of benzene rings is 2. The Morgan fingerprint density at radius 3 is 2.54 bits per heavy atom. The minimum absolute atomic E-state index is 0.0103. The van der Waals surface area contributed by atoms with Gasteiger partial charge in [-0.2, -0.15) is 0 Å². The molecule has 0 spiro atoms. The minimum atomic E-state index is -0.556. The molecule has 1 aliphatic heterocycles. The quantitative estimate of drug-likeness (QED) is 0.423. The molecule has 0 saturated carbocycles. The highest BCUT2D eigenvalue weighted by Crippen LogP contribution is 2.27. The predicted molar refractivity (Wildman–Crippen MR) is 107 cm³/mol. The molecule has 2 N–H and O–H groups in total. The molecule has 2 aromatic rings. The number of thiocarbonyl (C=S) groups is 1. The monoisotopic (exact) mass is 450 g/mol. The van der Waals surface area contributed by atoms with Crippen molar-refractivity contribution in [3.05, 3.63) is 68.7 Å². The summed E-state index contributed by atoms with van der Waals surface area (Å²) in [6.45, 7) is 0.293. The van der Waals surface area contributed by atoms with Crippen molar-refractivity contribution in [1.82, 2.24) is 10.6 Å². The molecule has 5 nitrogen and oxygen atoms in total. The van der Waals surface area contributed by atoms with E-state index in [1.165, 1.54) is 6.08 Å². The maximum atomic E-state index is 12.0. The highest BCUT2D eigenvalue weighted by Gasteiger charge is 2.26. The lowest BCUT2D eigenvalue weighted by atomic mass is 10.1. The van der Waals surface area contributed by atoms with Crippen molar-refractivity contribution in [2.75, 3.05) is 0 Å². The molecule has 1 saturated heterocycles. The third-order valence-electron chi connectivity index (χ3n) is 3.50. The molecule has 2 aromatic carbocycles. The van der Waals surface area contributed by atoms with Gasteiger partial charge in [0.25, 0.3) is 11.8 Å². The van der Waals surface area contributed by atoms with Crippen LogP contribution in [0.1, 0.15) is 11.1 Å². The number of carbonyl (C=O) groups is 2. The number of hydrogen-bond acceptors (Lipinski definition) is 4. The van der Waals surface area contributed by atoms with Gasteiger partial charge in [0, 0.05) is 15.1 Å². The second-order valence-corrected chi connectivity index (χ2v) is 7.16. The molecule has 0 unspecified atom stereocenters. The van der Waals surface area contributed by atoms with Crippen molar-refractivity contribution in [3.63, 3.8) is 0 Å². The van der Waals surface area contributed by atoms with Crippen molar-refractivity contribution in [2.45, 2.75) is 6.61 Å². The Hall–Kier alpha value is -2.22. The third kappa shape index (κ3) is 4.49. The van der Waals surface area contributed by atoms with Crippen molar-refractivity contribution in [3.8, 4) is 5.75 Å². The molecule has 0 aromatic heterocycles. The highest BCUT2D eigenvalue weighted by atomic mass is 79.9. The van der Waals surface area contributed by atoms with Gasteiger partial charge < -0.3 is 4.74 Å². The van der Waals surface area contributed by atoms with Crippen molar-refractivity contribution < 1.29 is 14.3 Å². The lowest BCUT2D eigenvalue weighted by molar-refractivity contribution is -0.123. The maximum Gasteiger partial charge on any atom is 0.263 e. The summed E-state index contributed by atoms with van der Waals surface area (Å²) < 4.78 is 6.64. The first-order chi connectivity index (χ1) is 12.4. The zero-order valence-electron chi connectivity index (χ0n) is 13.2. The summed E-state index contributed by atoms with van der Waals surface area (Å²) in [5.41, 5.74) is 1.43. The largest absolute Gasteiger partial charge is 0.488 e. The number of amides is 2. The van der Waals surface area contributed by atoms with Crippen LogP contribution >= 0.6 is 39.7 Å². The van der Waals surface area contributed by atoms with E-state index >= 15 is 0 Å². The lowest BCUT2D eigenvalue weighted by Gasteiger charge is -2.17. The molecule has 0 bridgehead atoms. The average molecular weight is 452 g/mol. The molecular formula is C18H12BrClN2O3S. The molecule has 1 heterocycles. The zero-order valence-corrected chi connectivity index (χ0v) is 16.4. The Labute approximate surface area is 168 Å². The van der Waals surface area contributed by atoms with Crippen LogP contribution in [0.25, 0.3) is 6.08 Å². The molecule has 1 aliphatic rings. The molecular weight excluding hydrogens is 440 g/mol. The molecule has 8 heteroatoms. The van der Waals surface area contributed by atoms with Gasteiger partial charge in [0.05, 0.1) is 0 Å². The molecule has 0 aliphatic carbocycles. The molecule has 0 atom stereocenters. The van der Waals surface area contributed by atoms with E-state index in [1.54, 1.807) is 18.2 Å². The van der Waals surface area contributed by atoms with E-state index in [1.807, 2.05) is 24.3 Å². The summed E-state index contributed by atoms with van der Waals surface area (Å²) in [4.78, 5) is 24.1. The van der Waals surface area contributed by atoms with Crippen LogP contribution in [0, 0.1) is 0 Å². The molecule has 3 rings (SSSR count). The number of hydrogen-bond donors (Lipinski definition) is 2. The average Bonchev–Trinajstić information content (AvgIpc) is 2.57. The Morgan fingerprint density at radius 1 is 1.12 bits per heavy atom. The van der Waals surface area contributed by atoms with Crippen LogP contribution in [0.3, 0.4) is 0 Å². The number of carbonyl (C=O) groups excluding carboxylic acids is 2. The number of halogens is 2. The van der Waals surface area contributed by atoms with E-state index in [-0.39, 0.29) is 10.7 Å². The molecule has 132 valence electrons. The number of nitrogens with one attached hydrogen (secondary N) is 2. The summed E-state index contributed by atoms with van der Waals surface area (Å²) in [7, 11) is 0. The van der Waals surface area contributed by atoms with Crippen LogP contribution in [0.2, 0.25) is 5.02 Å². The van der Waals surface area contributed by atoms with Crippen LogP contribution in [-0.2, 0) is 16.2 Å². The SMILES string of the molecule is O=C1NC(=S)NC(=O)C1=Cc1cc(Br)ccc1OCc1cccc(Cl)c1. The highest BCUT2D eigenvalue weighted by molar-refractivity contribution is 9.10. The second-order valence-electron chi connectivity index (χ2n) is 5.40. The molecule has 26 heavy (non-hydrogen) atoms. The van der Waals surface area contributed by atoms with E-state index in [0.717, 1.165) is 10.0 Å². The predicted octanol–water partition coefficient (Wildman–Crippen LogP) is 3.60. The molecule has 1 fully saturated rings. The van der Waals surface area contributed by atoms with E-state index in [2.05, 4.69) is 26.6 Å². The summed E-state index contributed by atoms with van der Waals surface area (Å²) in [5.74, 6) is -0.589. The fourth-order valence-corrected chi connectivity index (χ4v) is 3.09. The second kappa shape index (κ2) is 7.99. The van der Waals surface area contributed by atoms with Crippen LogP contribution in [0.5, 0.6) is 5.75 Å². The Kier molecular flexibility index (Phi) is 5.70. The minimum Gasteiger partial charge on any atom is -0.488 e. The van der Waals surface area contributed by atoms with Gasteiger partial charge in [-0.25, -0.2) is 0 Å². The van der Waals surface area contributed by atoms with Gasteiger partial charge in [-0.15, -0.1) is 0 Å². The van der Waals surface area contributed by atoms with Gasteiger partial charge in [-0.1, -0.05) is 39.7 Å². The Morgan fingerprint density at radius 2 is 1.85 bits per heavy atom. The Bertz CT molecular complexity index is 924. The number of ether oxygens (including phenoxy) is 1. The van der Waals surface area contributed by atoms with Gasteiger partial charge in [0.2, 0.25) is 0 Å². The van der Waals surface area contributed by atoms with Crippen molar-refractivity contribution >= 4 is 62.8 Å². The third-order valence-corrected chi connectivity index (χ3v) is 4.43. The number of rotatable bonds is 4. The molecule has 2 amide bonds. The van der Waals surface area contributed by atoms with Gasteiger partial charge in [0.15, 0.2) is 5.11 Å². The zero-order chi connectivity index (χ0) is 18.7. The van der Waals surface area contributed by atoms with E-state index in [0.29, 0.717) is 22.9 Å². The first kappa shape index (κ1) is 18.6. The van der Waals surface area contributed by atoms with Gasteiger partial charge in [-0.05, 0) is 54.2 Å². The van der Waals surface area contributed by atoms with Gasteiger partial charge in [0.1, 0.15) is 17.9 Å². The summed E-state index contributed by atoms with van der Waals surface area (Å²) in [5, 5.41) is 5.42. The summed E-state index contributed by atoms with van der Waals surface area (Å²) >= 11 is 14.2. The maximum absolute atomic E-state index is 12.0. The first-order valence-corrected chi connectivity index (χ1v) is 9.05. The smallest absolute Gasteiger partial charge is 0.263 e. The van der Waals surface area contributed by atoms with Crippen LogP contribution < -0.4 is 15.4 Å². The summed E-state index contributed by atoms with van der Waals surface area (Å²) in [6.07, 6.45) is 1.46. The van der Waals surface area contributed by atoms with Crippen molar-refractivity contribution in [1.29, 1.82) is 0 Å². The Balaban J connectivity index is 1.88. The fourth-order valence-electron chi connectivity index (χ4n) is 2.31.